The third-order valence-electron chi connectivity index (χ3n) is 5.95. The number of carbonyl (C=O) groups is 1. The molecule has 0 radical (unpaired) electrons. The molecule has 2 atom stereocenters. The van der Waals surface area contributed by atoms with Crippen LogP contribution in [0, 0.1) is 5.92 Å². The number of hydrogen-bond donors (Lipinski definition) is 1. The van der Waals surface area contributed by atoms with Crippen molar-refractivity contribution in [3.63, 3.8) is 0 Å². The summed E-state index contributed by atoms with van der Waals surface area (Å²) in [6.07, 6.45) is 5.76. The van der Waals surface area contributed by atoms with E-state index in [0.717, 1.165) is 28.7 Å². The fourth-order valence-electron chi connectivity index (χ4n) is 4.22. The van der Waals surface area contributed by atoms with E-state index in [9.17, 15) is 9.90 Å². The molecule has 0 aliphatic heterocycles. The van der Waals surface area contributed by atoms with Crippen molar-refractivity contribution in [3.8, 4) is 11.1 Å². The normalized spacial score (nSPS) is 24.0. The van der Waals surface area contributed by atoms with E-state index in [1.54, 1.807) is 7.11 Å². The highest BCUT2D eigenvalue weighted by molar-refractivity contribution is 6.30. The first kappa shape index (κ1) is 19.0. The Balaban J connectivity index is 1.92. The third kappa shape index (κ3) is 2.99. The second-order valence-electron chi connectivity index (χ2n) is 7.42. The van der Waals surface area contributed by atoms with Gasteiger partial charge < -0.3 is 9.84 Å². The van der Waals surface area contributed by atoms with Crippen molar-refractivity contribution in [3.05, 3.63) is 76.5 Å². The van der Waals surface area contributed by atoms with Gasteiger partial charge in [0.2, 0.25) is 0 Å². The molecule has 0 fully saturated rings. The number of ketones is 1. The fourth-order valence-corrected chi connectivity index (χ4v) is 4.34. The SMILES string of the molecule is CCc1ccc(-c2ccc(Cl)cc2)cc1C1=C(O)[C@]2(OC)C=C[C@@H](CC2)C1=O. The number of rotatable bonds is 4. The van der Waals surface area contributed by atoms with Crippen molar-refractivity contribution < 1.29 is 14.6 Å². The molecule has 3 aliphatic carbocycles. The molecule has 0 aromatic heterocycles. The quantitative estimate of drug-likeness (QED) is 0.669. The first-order valence-corrected chi connectivity index (χ1v) is 9.98. The van der Waals surface area contributed by atoms with E-state index in [2.05, 4.69) is 6.92 Å². The predicted molar refractivity (Wildman–Crippen MR) is 112 cm³/mol. The summed E-state index contributed by atoms with van der Waals surface area (Å²) in [5.74, 6) is -0.223. The number of benzene rings is 2. The summed E-state index contributed by atoms with van der Waals surface area (Å²) in [5.41, 5.74) is 3.28. The number of aryl methyl sites for hydroxylation is 1. The average molecular weight is 395 g/mol. The number of methoxy groups -OCH3 is 1. The molecule has 0 saturated heterocycles. The Morgan fingerprint density at radius 3 is 2.50 bits per heavy atom. The molecule has 144 valence electrons. The number of aliphatic hydroxyl groups is 1. The molecule has 28 heavy (non-hydrogen) atoms. The zero-order chi connectivity index (χ0) is 19.9. The molecule has 0 heterocycles. The van der Waals surface area contributed by atoms with Crippen molar-refractivity contribution in [2.45, 2.75) is 31.8 Å². The number of fused-ring (bicyclic) bond motifs is 2. The average Bonchev–Trinajstić information content (AvgIpc) is 2.90. The van der Waals surface area contributed by atoms with Crippen molar-refractivity contribution in [2.75, 3.05) is 7.11 Å². The van der Waals surface area contributed by atoms with Gasteiger partial charge in [-0.05, 0) is 65.8 Å². The first-order valence-electron chi connectivity index (χ1n) is 9.60. The monoisotopic (exact) mass is 394 g/mol. The number of halogens is 1. The molecule has 0 amide bonds. The maximum atomic E-state index is 13.3. The van der Waals surface area contributed by atoms with Gasteiger partial charge in [0, 0.05) is 18.1 Å². The molecule has 0 spiro atoms. The van der Waals surface area contributed by atoms with Crippen LogP contribution in [0.5, 0.6) is 0 Å². The van der Waals surface area contributed by atoms with Gasteiger partial charge in [-0.15, -0.1) is 0 Å². The third-order valence-corrected chi connectivity index (χ3v) is 6.20. The van der Waals surface area contributed by atoms with Crippen LogP contribution in [0.1, 0.15) is 30.9 Å². The molecule has 0 saturated carbocycles. The number of Topliss-reactive ketones (excluding diaryl/α,β-unsaturated/α-hetero) is 1. The van der Waals surface area contributed by atoms with Crippen LogP contribution in [0.2, 0.25) is 5.02 Å². The summed E-state index contributed by atoms with van der Waals surface area (Å²) in [4.78, 5) is 13.3. The summed E-state index contributed by atoms with van der Waals surface area (Å²) in [6, 6.07) is 13.7. The van der Waals surface area contributed by atoms with Gasteiger partial charge >= 0.3 is 0 Å². The number of hydrogen-bond acceptors (Lipinski definition) is 3. The Bertz CT molecular complexity index is 987. The Kier molecular flexibility index (Phi) is 4.90. The Morgan fingerprint density at radius 2 is 1.89 bits per heavy atom. The highest BCUT2D eigenvalue weighted by Gasteiger charge is 2.45. The molecule has 2 aromatic carbocycles. The topological polar surface area (TPSA) is 46.5 Å². The molecule has 1 N–H and O–H groups in total. The minimum absolute atomic E-state index is 0.0270. The minimum Gasteiger partial charge on any atom is -0.508 e. The van der Waals surface area contributed by atoms with Crippen molar-refractivity contribution in [1.29, 1.82) is 0 Å². The van der Waals surface area contributed by atoms with E-state index in [1.807, 2.05) is 54.6 Å². The Hall–Kier alpha value is -2.36. The summed E-state index contributed by atoms with van der Waals surface area (Å²) >= 11 is 6.02. The molecule has 0 unspecified atom stereocenters. The van der Waals surface area contributed by atoms with Gasteiger partial charge in [-0.25, -0.2) is 0 Å². The summed E-state index contributed by atoms with van der Waals surface area (Å²) < 4.78 is 5.70. The first-order chi connectivity index (χ1) is 13.5. The molecule has 2 bridgehead atoms. The molecular weight excluding hydrogens is 372 g/mol. The van der Waals surface area contributed by atoms with Crippen molar-refractivity contribution >= 4 is 23.0 Å². The van der Waals surface area contributed by atoms with Crippen LogP contribution in [-0.4, -0.2) is 23.6 Å². The van der Waals surface area contributed by atoms with E-state index in [1.165, 1.54) is 0 Å². The van der Waals surface area contributed by atoms with Gasteiger partial charge in [0.15, 0.2) is 5.78 Å². The molecule has 5 rings (SSSR count). The minimum atomic E-state index is -0.917. The summed E-state index contributed by atoms with van der Waals surface area (Å²) in [7, 11) is 1.58. The Morgan fingerprint density at radius 1 is 1.18 bits per heavy atom. The van der Waals surface area contributed by atoms with Gasteiger partial charge in [0.05, 0.1) is 5.57 Å². The lowest BCUT2D eigenvalue weighted by Crippen LogP contribution is -2.33. The lowest BCUT2D eigenvalue weighted by molar-refractivity contribution is -0.116. The van der Waals surface area contributed by atoms with E-state index in [0.29, 0.717) is 23.4 Å². The van der Waals surface area contributed by atoms with E-state index >= 15 is 0 Å². The number of ether oxygens (including phenoxy) is 1. The fraction of sp³-hybridized carbons (Fsp3) is 0.292. The van der Waals surface area contributed by atoms with Crippen LogP contribution in [0.25, 0.3) is 16.7 Å². The van der Waals surface area contributed by atoms with Gasteiger partial charge in [0.1, 0.15) is 11.4 Å². The maximum Gasteiger partial charge on any atom is 0.173 e. The molecular formula is C24H23ClO3. The van der Waals surface area contributed by atoms with Gasteiger partial charge in [-0.2, -0.15) is 0 Å². The second kappa shape index (κ2) is 7.23. The lowest BCUT2D eigenvalue weighted by Gasteiger charge is -2.30. The van der Waals surface area contributed by atoms with Crippen LogP contribution < -0.4 is 0 Å². The highest BCUT2D eigenvalue weighted by atomic mass is 35.5. The van der Waals surface area contributed by atoms with Crippen molar-refractivity contribution in [1.82, 2.24) is 0 Å². The van der Waals surface area contributed by atoms with E-state index < -0.39 is 5.60 Å². The summed E-state index contributed by atoms with van der Waals surface area (Å²) in [5, 5.41) is 11.9. The molecule has 4 heteroatoms. The van der Waals surface area contributed by atoms with E-state index in [-0.39, 0.29) is 17.5 Å². The van der Waals surface area contributed by atoms with Crippen LogP contribution >= 0.6 is 11.6 Å². The maximum absolute atomic E-state index is 13.3. The second-order valence-corrected chi connectivity index (χ2v) is 7.85. The zero-order valence-electron chi connectivity index (χ0n) is 16.0. The lowest BCUT2D eigenvalue weighted by atomic mass is 9.86. The van der Waals surface area contributed by atoms with E-state index in [4.69, 9.17) is 16.3 Å². The van der Waals surface area contributed by atoms with Crippen LogP contribution in [-0.2, 0) is 16.0 Å². The standard InChI is InChI=1S/C24H23ClO3/c1-3-15-4-5-18(16-6-8-19(25)9-7-16)14-20(15)21-22(26)17-10-12-24(28-2,13-11-17)23(21)27/h4-10,12,14,17,27H,3,11,13H2,1-2H3/t17-,24-/m0/s1. The summed E-state index contributed by atoms with van der Waals surface area (Å²) in [6.45, 7) is 2.05. The van der Waals surface area contributed by atoms with Crippen LogP contribution in [0.15, 0.2) is 60.4 Å². The number of allylic oxidation sites excluding steroid dienone is 2. The van der Waals surface area contributed by atoms with Crippen LogP contribution in [0.4, 0.5) is 0 Å². The largest absolute Gasteiger partial charge is 0.508 e. The van der Waals surface area contributed by atoms with Gasteiger partial charge in [-0.3, -0.25) is 4.79 Å². The molecule has 2 aromatic rings. The zero-order valence-corrected chi connectivity index (χ0v) is 16.8. The predicted octanol–water partition coefficient (Wildman–Crippen LogP) is 5.77. The van der Waals surface area contributed by atoms with Crippen LogP contribution in [0.3, 0.4) is 0 Å². The molecule has 3 nitrogen and oxygen atoms in total. The highest BCUT2D eigenvalue weighted by Crippen LogP contribution is 2.44. The van der Waals surface area contributed by atoms with Gasteiger partial charge in [-0.1, -0.05) is 48.9 Å². The Labute approximate surface area is 170 Å². The number of carbonyl (C=O) groups excluding carboxylic acids is 1. The smallest absolute Gasteiger partial charge is 0.173 e. The number of aliphatic hydroxyl groups excluding tert-OH is 1. The van der Waals surface area contributed by atoms with Crippen molar-refractivity contribution in [2.24, 2.45) is 5.92 Å². The van der Waals surface area contributed by atoms with Gasteiger partial charge in [0.25, 0.3) is 0 Å². The molecule has 3 aliphatic rings.